The minimum atomic E-state index is -4.40. The van der Waals surface area contributed by atoms with Crippen molar-refractivity contribution in [2.75, 3.05) is 6.61 Å². The lowest BCUT2D eigenvalue weighted by atomic mass is 10.1. The van der Waals surface area contributed by atoms with E-state index < -0.39 is 24.2 Å². The van der Waals surface area contributed by atoms with Gasteiger partial charge in [-0.3, -0.25) is 9.59 Å². The van der Waals surface area contributed by atoms with E-state index in [2.05, 4.69) is 20.3 Å². The Morgan fingerprint density at radius 3 is 2.41 bits per heavy atom. The number of hydrogen-bond acceptors (Lipinski definition) is 4. The number of aromatic amines is 1. The van der Waals surface area contributed by atoms with Crippen molar-refractivity contribution in [2.24, 2.45) is 0 Å². The fraction of sp³-hybridized carbons (Fsp3) is 0.167. The van der Waals surface area contributed by atoms with Gasteiger partial charge in [0.15, 0.2) is 12.3 Å². The quantitative estimate of drug-likeness (QED) is 0.716. The molecule has 0 aliphatic heterocycles. The maximum Gasteiger partial charge on any atom is 0.422 e. The van der Waals surface area contributed by atoms with Gasteiger partial charge < -0.3 is 10.1 Å². The van der Waals surface area contributed by atoms with Crippen molar-refractivity contribution in [2.45, 2.75) is 12.7 Å². The lowest BCUT2D eigenvalue weighted by Crippen LogP contribution is -2.26. The maximum absolute atomic E-state index is 12.4. The Bertz CT molecular complexity index is 1010. The number of hydrogen-bond donors (Lipinski definition) is 2. The molecule has 2 N–H and O–H groups in total. The molecule has 1 aromatic heterocycles. The van der Waals surface area contributed by atoms with Gasteiger partial charge in [-0.2, -0.15) is 18.3 Å². The summed E-state index contributed by atoms with van der Waals surface area (Å²) in [6.45, 7) is -1.23. The second-order valence-corrected chi connectivity index (χ2v) is 5.68. The molecule has 0 radical (unpaired) electrons. The van der Waals surface area contributed by atoms with Crippen LogP contribution in [0.1, 0.15) is 16.1 Å². The molecule has 0 atom stereocenters. The highest BCUT2D eigenvalue weighted by atomic mass is 19.4. The summed E-state index contributed by atoms with van der Waals surface area (Å²) in [5.41, 5.74) is 0.350. The summed E-state index contributed by atoms with van der Waals surface area (Å²) >= 11 is 0. The third-order valence-corrected chi connectivity index (χ3v) is 3.69. The zero-order chi connectivity index (χ0) is 19.4. The minimum Gasteiger partial charge on any atom is -0.484 e. The molecule has 0 aliphatic carbocycles. The van der Waals surface area contributed by atoms with Crippen LogP contribution < -0.4 is 15.6 Å². The van der Waals surface area contributed by atoms with Gasteiger partial charge in [-0.05, 0) is 23.8 Å². The fourth-order valence-corrected chi connectivity index (χ4v) is 2.42. The van der Waals surface area contributed by atoms with Crippen molar-refractivity contribution in [3.8, 4) is 5.75 Å². The summed E-state index contributed by atoms with van der Waals surface area (Å²) in [4.78, 5) is 24.1. The van der Waals surface area contributed by atoms with Gasteiger partial charge in [0, 0.05) is 11.9 Å². The molecule has 1 heterocycles. The van der Waals surface area contributed by atoms with Crippen molar-refractivity contribution < 1.29 is 22.7 Å². The van der Waals surface area contributed by atoms with E-state index in [0.29, 0.717) is 16.3 Å². The maximum atomic E-state index is 12.4. The molecule has 2 aromatic carbocycles. The number of rotatable bonds is 5. The normalized spacial score (nSPS) is 11.4. The molecule has 27 heavy (non-hydrogen) atoms. The van der Waals surface area contributed by atoms with Gasteiger partial charge in [0.2, 0.25) is 0 Å². The predicted molar refractivity (Wildman–Crippen MR) is 91.5 cm³/mol. The number of aromatic nitrogens is 2. The van der Waals surface area contributed by atoms with Crippen LogP contribution in [0.5, 0.6) is 5.75 Å². The number of nitrogens with zero attached hydrogens (tertiary/aromatic N) is 1. The molecule has 0 aliphatic rings. The summed E-state index contributed by atoms with van der Waals surface area (Å²) in [5.74, 6) is -0.407. The van der Waals surface area contributed by atoms with Gasteiger partial charge in [-0.25, -0.2) is 5.10 Å². The first-order chi connectivity index (χ1) is 12.8. The van der Waals surface area contributed by atoms with Gasteiger partial charge in [0.1, 0.15) is 5.75 Å². The first-order valence-corrected chi connectivity index (χ1v) is 7.87. The number of ether oxygens (including phenoxy) is 1. The Balaban J connectivity index is 1.66. The van der Waals surface area contributed by atoms with E-state index in [0.717, 1.165) is 0 Å². The zero-order valence-corrected chi connectivity index (χ0v) is 13.8. The standard InChI is InChI=1S/C18H14F3N3O3/c19-18(20,21)10-27-12-7-5-11(6-8-12)9-22-17(26)15-13-3-1-2-4-14(13)16(25)24-23-15/h1-8H,9-10H2,(H,22,26)(H,24,25). The Morgan fingerprint density at radius 1 is 1.07 bits per heavy atom. The van der Waals surface area contributed by atoms with Crippen LogP contribution in [0.4, 0.5) is 13.2 Å². The molecule has 3 rings (SSSR count). The van der Waals surface area contributed by atoms with E-state index in [4.69, 9.17) is 0 Å². The second kappa shape index (κ2) is 7.48. The highest BCUT2D eigenvalue weighted by Gasteiger charge is 2.28. The highest BCUT2D eigenvalue weighted by Crippen LogP contribution is 2.19. The molecule has 3 aromatic rings. The highest BCUT2D eigenvalue weighted by molar-refractivity contribution is 6.04. The third kappa shape index (κ3) is 4.63. The Hall–Kier alpha value is -3.36. The molecule has 0 spiro atoms. The molecule has 140 valence electrons. The number of H-pyrrole nitrogens is 1. The molecule has 0 fully saturated rings. The average Bonchev–Trinajstić information content (AvgIpc) is 2.65. The van der Waals surface area contributed by atoms with Crippen molar-refractivity contribution in [3.05, 3.63) is 70.1 Å². The molecule has 9 heteroatoms. The topological polar surface area (TPSA) is 84.1 Å². The molecule has 0 unspecified atom stereocenters. The Labute approximate surface area is 151 Å². The fourth-order valence-electron chi connectivity index (χ4n) is 2.42. The van der Waals surface area contributed by atoms with E-state index in [1.165, 1.54) is 12.1 Å². The summed E-state index contributed by atoms with van der Waals surface area (Å²) in [6.07, 6.45) is -4.40. The average molecular weight is 377 g/mol. The monoisotopic (exact) mass is 377 g/mol. The number of carbonyl (C=O) groups excluding carboxylic acids is 1. The largest absolute Gasteiger partial charge is 0.484 e. The Morgan fingerprint density at radius 2 is 1.74 bits per heavy atom. The Kier molecular flexibility index (Phi) is 5.11. The first-order valence-electron chi connectivity index (χ1n) is 7.87. The van der Waals surface area contributed by atoms with Crippen LogP contribution in [-0.2, 0) is 6.54 Å². The zero-order valence-electron chi connectivity index (χ0n) is 13.8. The van der Waals surface area contributed by atoms with Crippen LogP contribution in [0.3, 0.4) is 0 Å². The van der Waals surface area contributed by atoms with Crippen LogP contribution in [-0.4, -0.2) is 28.9 Å². The van der Waals surface area contributed by atoms with Gasteiger partial charge in [-0.1, -0.05) is 30.3 Å². The number of amides is 1. The van der Waals surface area contributed by atoms with Gasteiger partial charge in [0.25, 0.3) is 11.5 Å². The van der Waals surface area contributed by atoms with Crippen LogP contribution >= 0.6 is 0 Å². The third-order valence-electron chi connectivity index (χ3n) is 3.69. The van der Waals surface area contributed by atoms with E-state index in [1.54, 1.807) is 36.4 Å². The van der Waals surface area contributed by atoms with Crippen LogP contribution in [0, 0.1) is 0 Å². The lowest BCUT2D eigenvalue weighted by Gasteiger charge is -2.10. The first kappa shape index (κ1) is 18.4. The van der Waals surface area contributed by atoms with Crippen LogP contribution in [0.2, 0.25) is 0 Å². The summed E-state index contributed by atoms with van der Waals surface area (Å²) in [6, 6.07) is 12.5. The SMILES string of the molecule is O=C(NCc1ccc(OCC(F)(F)F)cc1)c1n[nH]c(=O)c2ccccc12. The number of benzene rings is 2. The van der Waals surface area contributed by atoms with Crippen molar-refractivity contribution in [1.29, 1.82) is 0 Å². The van der Waals surface area contributed by atoms with E-state index in [1.807, 2.05) is 0 Å². The molecular weight excluding hydrogens is 363 g/mol. The number of fused-ring (bicyclic) bond motifs is 1. The van der Waals surface area contributed by atoms with E-state index in [9.17, 15) is 22.8 Å². The van der Waals surface area contributed by atoms with Gasteiger partial charge >= 0.3 is 6.18 Å². The molecular formula is C18H14F3N3O3. The second-order valence-electron chi connectivity index (χ2n) is 5.68. The molecule has 1 amide bonds. The minimum absolute atomic E-state index is 0.0790. The van der Waals surface area contributed by atoms with Crippen molar-refractivity contribution in [3.63, 3.8) is 0 Å². The van der Waals surface area contributed by atoms with Crippen molar-refractivity contribution >= 4 is 16.7 Å². The molecule has 0 saturated heterocycles. The number of carbonyl (C=O) groups is 1. The van der Waals surface area contributed by atoms with Gasteiger partial charge in [0.05, 0.1) is 5.39 Å². The van der Waals surface area contributed by atoms with E-state index >= 15 is 0 Å². The molecule has 0 bridgehead atoms. The summed E-state index contributed by atoms with van der Waals surface area (Å²) in [5, 5.41) is 9.52. The number of alkyl halides is 3. The summed E-state index contributed by atoms with van der Waals surface area (Å²) < 4.78 is 41.0. The number of nitrogens with one attached hydrogen (secondary N) is 2. The molecule has 0 saturated carbocycles. The lowest BCUT2D eigenvalue weighted by molar-refractivity contribution is -0.153. The van der Waals surface area contributed by atoms with E-state index in [-0.39, 0.29) is 18.0 Å². The summed E-state index contributed by atoms with van der Waals surface area (Å²) in [7, 11) is 0. The molecule has 6 nitrogen and oxygen atoms in total. The van der Waals surface area contributed by atoms with Gasteiger partial charge in [-0.15, -0.1) is 0 Å². The smallest absolute Gasteiger partial charge is 0.422 e. The van der Waals surface area contributed by atoms with Crippen LogP contribution in [0.15, 0.2) is 53.3 Å². The van der Waals surface area contributed by atoms with Crippen LogP contribution in [0.25, 0.3) is 10.8 Å². The number of halogens is 3. The predicted octanol–water partition coefficient (Wildman–Crippen LogP) is 2.79. The van der Waals surface area contributed by atoms with Crippen molar-refractivity contribution in [1.82, 2.24) is 15.5 Å².